The van der Waals surface area contributed by atoms with Gasteiger partial charge in [-0.25, -0.2) is 4.39 Å². The number of hydrogen-bond donors (Lipinski definition) is 2. The third-order valence-electron chi connectivity index (χ3n) is 3.26. The SMILES string of the molecule is Cc1cc(Cl)ccc1NC(=O)CCNCc1ccccc1F. The van der Waals surface area contributed by atoms with E-state index in [-0.39, 0.29) is 11.7 Å². The van der Waals surface area contributed by atoms with Crippen molar-refractivity contribution in [3.05, 3.63) is 64.4 Å². The Morgan fingerprint density at radius 1 is 1.23 bits per heavy atom. The van der Waals surface area contributed by atoms with Crippen molar-refractivity contribution in [1.82, 2.24) is 5.32 Å². The van der Waals surface area contributed by atoms with Crippen LogP contribution in [-0.4, -0.2) is 12.5 Å². The number of carbonyl (C=O) groups excluding carboxylic acids is 1. The van der Waals surface area contributed by atoms with Crippen molar-refractivity contribution in [2.75, 3.05) is 11.9 Å². The second-order valence-electron chi connectivity index (χ2n) is 5.03. The van der Waals surface area contributed by atoms with E-state index in [1.807, 2.05) is 6.92 Å². The highest BCUT2D eigenvalue weighted by Gasteiger charge is 2.05. The van der Waals surface area contributed by atoms with E-state index in [2.05, 4.69) is 10.6 Å². The topological polar surface area (TPSA) is 41.1 Å². The zero-order valence-corrected chi connectivity index (χ0v) is 13.1. The normalized spacial score (nSPS) is 10.5. The van der Waals surface area contributed by atoms with E-state index in [0.717, 1.165) is 11.3 Å². The number of benzene rings is 2. The van der Waals surface area contributed by atoms with E-state index < -0.39 is 0 Å². The largest absolute Gasteiger partial charge is 0.326 e. The molecule has 0 spiro atoms. The smallest absolute Gasteiger partial charge is 0.225 e. The van der Waals surface area contributed by atoms with Crippen LogP contribution < -0.4 is 10.6 Å². The molecule has 22 heavy (non-hydrogen) atoms. The summed E-state index contributed by atoms with van der Waals surface area (Å²) in [6.07, 6.45) is 0.316. The Hall–Kier alpha value is -1.91. The molecule has 0 saturated heterocycles. The highest BCUT2D eigenvalue weighted by Crippen LogP contribution is 2.19. The van der Waals surface area contributed by atoms with E-state index in [1.54, 1.807) is 36.4 Å². The van der Waals surface area contributed by atoms with Crippen LogP contribution in [0.1, 0.15) is 17.5 Å². The van der Waals surface area contributed by atoms with Gasteiger partial charge in [0.15, 0.2) is 0 Å². The summed E-state index contributed by atoms with van der Waals surface area (Å²) < 4.78 is 13.4. The van der Waals surface area contributed by atoms with Crippen molar-refractivity contribution >= 4 is 23.2 Å². The van der Waals surface area contributed by atoms with Gasteiger partial charge in [-0.2, -0.15) is 0 Å². The van der Waals surface area contributed by atoms with Gasteiger partial charge in [-0.3, -0.25) is 4.79 Å². The Balaban J connectivity index is 1.75. The Kier molecular flexibility index (Phi) is 5.92. The Morgan fingerprint density at radius 2 is 2.00 bits per heavy atom. The maximum absolute atomic E-state index is 13.4. The molecule has 0 aliphatic rings. The number of halogens is 2. The molecular formula is C17H18ClFN2O. The summed E-state index contributed by atoms with van der Waals surface area (Å²) in [7, 11) is 0. The van der Waals surface area contributed by atoms with Crippen molar-refractivity contribution in [3.63, 3.8) is 0 Å². The molecule has 0 radical (unpaired) electrons. The van der Waals surface area contributed by atoms with Crippen LogP contribution in [0.3, 0.4) is 0 Å². The fraction of sp³-hybridized carbons (Fsp3) is 0.235. The fourth-order valence-corrected chi connectivity index (χ4v) is 2.27. The van der Waals surface area contributed by atoms with Crippen molar-refractivity contribution < 1.29 is 9.18 Å². The van der Waals surface area contributed by atoms with Gasteiger partial charge in [0.2, 0.25) is 5.91 Å². The van der Waals surface area contributed by atoms with E-state index >= 15 is 0 Å². The molecule has 2 rings (SSSR count). The molecule has 0 aliphatic carbocycles. The van der Waals surface area contributed by atoms with Gasteiger partial charge in [-0.1, -0.05) is 29.8 Å². The Morgan fingerprint density at radius 3 is 2.73 bits per heavy atom. The minimum atomic E-state index is -0.240. The molecule has 0 aromatic heterocycles. The molecule has 2 N–H and O–H groups in total. The van der Waals surface area contributed by atoms with Gasteiger partial charge in [0.05, 0.1) is 0 Å². The molecule has 3 nitrogen and oxygen atoms in total. The average Bonchev–Trinajstić information content (AvgIpc) is 2.48. The van der Waals surface area contributed by atoms with E-state index in [0.29, 0.717) is 30.1 Å². The molecule has 2 aromatic rings. The quantitative estimate of drug-likeness (QED) is 0.792. The number of anilines is 1. The zero-order valence-electron chi connectivity index (χ0n) is 12.3. The summed E-state index contributed by atoms with van der Waals surface area (Å²) >= 11 is 5.87. The second kappa shape index (κ2) is 7.92. The van der Waals surface area contributed by atoms with Crippen molar-refractivity contribution in [2.45, 2.75) is 19.9 Å². The van der Waals surface area contributed by atoms with Crippen LogP contribution in [0.2, 0.25) is 5.02 Å². The Labute approximate surface area is 134 Å². The lowest BCUT2D eigenvalue weighted by Gasteiger charge is -2.09. The van der Waals surface area contributed by atoms with Crippen molar-refractivity contribution in [1.29, 1.82) is 0 Å². The monoisotopic (exact) mass is 320 g/mol. The molecular weight excluding hydrogens is 303 g/mol. The van der Waals surface area contributed by atoms with Gasteiger partial charge in [0, 0.05) is 35.8 Å². The van der Waals surface area contributed by atoms with E-state index in [9.17, 15) is 9.18 Å². The van der Waals surface area contributed by atoms with Gasteiger partial charge in [0.1, 0.15) is 5.82 Å². The van der Waals surface area contributed by atoms with Crippen molar-refractivity contribution in [2.24, 2.45) is 0 Å². The summed E-state index contributed by atoms with van der Waals surface area (Å²) in [5.74, 6) is -0.331. The molecule has 0 unspecified atom stereocenters. The third kappa shape index (κ3) is 4.83. The first kappa shape index (κ1) is 16.5. The van der Waals surface area contributed by atoms with Crippen LogP contribution in [0.25, 0.3) is 0 Å². The summed E-state index contributed by atoms with van der Waals surface area (Å²) in [6, 6.07) is 11.9. The number of rotatable bonds is 6. The molecule has 1 amide bonds. The van der Waals surface area contributed by atoms with Crippen LogP contribution in [0.4, 0.5) is 10.1 Å². The molecule has 0 fully saturated rings. The van der Waals surface area contributed by atoms with Gasteiger partial charge in [-0.05, 0) is 36.8 Å². The number of hydrogen-bond acceptors (Lipinski definition) is 2. The molecule has 0 atom stereocenters. The molecule has 0 saturated carbocycles. The second-order valence-corrected chi connectivity index (χ2v) is 5.46. The first-order chi connectivity index (χ1) is 10.6. The maximum atomic E-state index is 13.4. The van der Waals surface area contributed by atoms with Gasteiger partial charge >= 0.3 is 0 Å². The van der Waals surface area contributed by atoms with Gasteiger partial charge < -0.3 is 10.6 Å². The maximum Gasteiger partial charge on any atom is 0.225 e. The minimum absolute atomic E-state index is 0.0912. The van der Waals surface area contributed by atoms with Crippen molar-refractivity contribution in [3.8, 4) is 0 Å². The standard InChI is InChI=1S/C17H18ClFN2O/c1-12-10-14(18)6-7-16(12)21-17(22)8-9-20-11-13-4-2-3-5-15(13)19/h2-7,10,20H,8-9,11H2,1H3,(H,21,22). The molecule has 0 bridgehead atoms. The lowest BCUT2D eigenvalue weighted by Crippen LogP contribution is -2.22. The predicted octanol–water partition coefficient (Wildman–Crippen LogP) is 3.91. The van der Waals surface area contributed by atoms with E-state index in [1.165, 1.54) is 6.07 Å². The number of carbonyl (C=O) groups is 1. The lowest BCUT2D eigenvalue weighted by atomic mass is 10.2. The van der Waals surface area contributed by atoms with Crippen LogP contribution >= 0.6 is 11.6 Å². The fourth-order valence-electron chi connectivity index (χ4n) is 2.05. The highest BCUT2D eigenvalue weighted by atomic mass is 35.5. The Bertz CT molecular complexity index is 661. The number of amides is 1. The summed E-state index contributed by atoms with van der Waals surface area (Å²) in [6.45, 7) is 2.77. The number of aryl methyl sites for hydroxylation is 1. The molecule has 0 heterocycles. The van der Waals surface area contributed by atoms with Crippen LogP contribution in [-0.2, 0) is 11.3 Å². The molecule has 2 aromatic carbocycles. The predicted molar refractivity (Wildman–Crippen MR) is 87.5 cm³/mol. The van der Waals surface area contributed by atoms with Gasteiger partial charge in [-0.15, -0.1) is 0 Å². The van der Waals surface area contributed by atoms with Gasteiger partial charge in [0.25, 0.3) is 0 Å². The van der Waals surface area contributed by atoms with Crippen LogP contribution in [0.5, 0.6) is 0 Å². The van der Waals surface area contributed by atoms with Crippen LogP contribution in [0, 0.1) is 12.7 Å². The summed E-state index contributed by atoms with van der Waals surface area (Å²) in [4.78, 5) is 11.9. The summed E-state index contributed by atoms with van der Waals surface area (Å²) in [5.41, 5.74) is 2.26. The average molecular weight is 321 g/mol. The highest BCUT2D eigenvalue weighted by molar-refractivity contribution is 6.30. The molecule has 116 valence electrons. The van der Waals surface area contributed by atoms with Crippen LogP contribution in [0.15, 0.2) is 42.5 Å². The first-order valence-electron chi connectivity index (χ1n) is 7.06. The summed E-state index contributed by atoms with van der Waals surface area (Å²) in [5, 5.41) is 6.54. The minimum Gasteiger partial charge on any atom is -0.326 e. The molecule has 5 heteroatoms. The number of nitrogens with one attached hydrogen (secondary N) is 2. The lowest BCUT2D eigenvalue weighted by molar-refractivity contribution is -0.116. The van der Waals surface area contributed by atoms with E-state index in [4.69, 9.17) is 11.6 Å². The zero-order chi connectivity index (χ0) is 15.9. The third-order valence-corrected chi connectivity index (χ3v) is 3.50. The molecule has 0 aliphatic heterocycles. The first-order valence-corrected chi connectivity index (χ1v) is 7.44.